The molecule has 80 valence electrons. The second-order valence-electron chi connectivity index (χ2n) is 4.26. The minimum absolute atomic E-state index is 0.564. The highest BCUT2D eigenvalue weighted by Crippen LogP contribution is 2.15. The second kappa shape index (κ2) is 5.47. The van der Waals surface area contributed by atoms with Crippen LogP contribution in [0.1, 0.15) is 32.6 Å². The predicted molar refractivity (Wildman–Crippen MR) is 62.7 cm³/mol. The molecule has 0 bridgehead atoms. The summed E-state index contributed by atoms with van der Waals surface area (Å²) in [6.07, 6.45) is 3.11. The molecule has 1 N–H and O–H groups in total. The highest BCUT2D eigenvalue weighted by Gasteiger charge is 2.13. The van der Waals surface area contributed by atoms with Gasteiger partial charge in [-0.3, -0.25) is 4.98 Å². The Labute approximate surface area is 90.8 Å². The molecule has 1 aromatic heterocycles. The SMILES string of the molecule is CC(C)NC(C)C(C)Cc1cncs1. The van der Waals surface area contributed by atoms with E-state index in [4.69, 9.17) is 0 Å². The van der Waals surface area contributed by atoms with Crippen molar-refractivity contribution in [3.05, 3.63) is 16.6 Å². The standard InChI is InChI=1S/C11H20N2S/c1-8(2)13-10(4)9(3)5-11-6-12-7-14-11/h6-10,13H,5H2,1-4H3. The Morgan fingerprint density at radius 2 is 2.07 bits per heavy atom. The lowest BCUT2D eigenvalue weighted by Gasteiger charge is -2.23. The zero-order chi connectivity index (χ0) is 10.6. The molecule has 2 unspecified atom stereocenters. The van der Waals surface area contributed by atoms with E-state index in [-0.39, 0.29) is 0 Å². The summed E-state index contributed by atoms with van der Waals surface area (Å²) in [4.78, 5) is 5.48. The summed E-state index contributed by atoms with van der Waals surface area (Å²) in [5.41, 5.74) is 1.91. The molecule has 2 nitrogen and oxygen atoms in total. The molecule has 1 heterocycles. The van der Waals surface area contributed by atoms with Crippen molar-refractivity contribution in [1.29, 1.82) is 0 Å². The van der Waals surface area contributed by atoms with Crippen LogP contribution in [0.4, 0.5) is 0 Å². The molecule has 0 aliphatic heterocycles. The van der Waals surface area contributed by atoms with Crippen molar-refractivity contribution >= 4 is 11.3 Å². The third kappa shape index (κ3) is 3.76. The summed E-state index contributed by atoms with van der Waals surface area (Å²) in [7, 11) is 0. The number of nitrogens with zero attached hydrogens (tertiary/aromatic N) is 1. The predicted octanol–water partition coefficient (Wildman–Crippen LogP) is 2.71. The average Bonchev–Trinajstić information content (AvgIpc) is 2.55. The molecule has 0 radical (unpaired) electrons. The lowest BCUT2D eigenvalue weighted by molar-refractivity contribution is 0.373. The molecular formula is C11H20N2S. The summed E-state index contributed by atoms with van der Waals surface area (Å²) in [6, 6.07) is 1.13. The number of aromatic nitrogens is 1. The zero-order valence-corrected chi connectivity index (χ0v) is 10.3. The first-order chi connectivity index (χ1) is 6.59. The molecule has 0 saturated carbocycles. The molecule has 1 aromatic rings. The van der Waals surface area contributed by atoms with Crippen LogP contribution in [0.2, 0.25) is 0 Å². The topological polar surface area (TPSA) is 24.9 Å². The Morgan fingerprint density at radius 3 is 2.57 bits per heavy atom. The van der Waals surface area contributed by atoms with E-state index in [0.29, 0.717) is 18.0 Å². The zero-order valence-electron chi connectivity index (χ0n) is 9.45. The van der Waals surface area contributed by atoms with Gasteiger partial charge in [-0.05, 0) is 19.3 Å². The van der Waals surface area contributed by atoms with Gasteiger partial charge in [0.05, 0.1) is 5.51 Å². The van der Waals surface area contributed by atoms with Crippen LogP contribution in [0.25, 0.3) is 0 Å². The number of thiazole rings is 1. The van der Waals surface area contributed by atoms with E-state index in [9.17, 15) is 0 Å². The van der Waals surface area contributed by atoms with Gasteiger partial charge in [-0.25, -0.2) is 0 Å². The second-order valence-corrected chi connectivity index (χ2v) is 5.23. The van der Waals surface area contributed by atoms with Crippen LogP contribution >= 0.6 is 11.3 Å². The first-order valence-corrected chi connectivity index (χ1v) is 6.11. The number of hydrogen-bond donors (Lipinski definition) is 1. The Kier molecular flexibility index (Phi) is 4.55. The maximum atomic E-state index is 4.09. The number of hydrogen-bond acceptors (Lipinski definition) is 3. The minimum atomic E-state index is 0.564. The fourth-order valence-electron chi connectivity index (χ4n) is 1.53. The molecule has 2 atom stereocenters. The summed E-state index contributed by atoms with van der Waals surface area (Å²) in [6.45, 7) is 8.93. The molecule has 0 saturated heterocycles. The van der Waals surface area contributed by atoms with E-state index in [0.717, 1.165) is 6.42 Å². The smallest absolute Gasteiger partial charge is 0.0794 e. The van der Waals surface area contributed by atoms with Crippen molar-refractivity contribution in [2.24, 2.45) is 5.92 Å². The summed E-state index contributed by atoms with van der Waals surface area (Å²) >= 11 is 1.75. The molecule has 1 rings (SSSR count). The quantitative estimate of drug-likeness (QED) is 0.811. The normalized spacial score (nSPS) is 15.8. The van der Waals surface area contributed by atoms with Crippen LogP contribution < -0.4 is 5.32 Å². The fraction of sp³-hybridized carbons (Fsp3) is 0.727. The van der Waals surface area contributed by atoms with Crippen LogP contribution in [-0.4, -0.2) is 17.1 Å². The van der Waals surface area contributed by atoms with E-state index in [1.54, 1.807) is 11.3 Å². The minimum Gasteiger partial charge on any atom is -0.312 e. The van der Waals surface area contributed by atoms with Crippen molar-refractivity contribution in [3.63, 3.8) is 0 Å². The summed E-state index contributed by atoms with van der Waals surface area (Å²) in [5, 5.41) is 3.54. The summed E-state index contributed by atoms with van der Waals surface area (Å²) in [5.74, 6) is 0.665. The third-order valence-corrected chi connectivity index (χ3v) is 3.26. The van der Waals surface area contributed by atoms with Crippen LogP contribution in [0.5, 0.6) is 0 Å². The van der Waals surface area contributed by atoms with Crippen molar-refractivity contribution in [2.45, 2.75) is 46.2 Å². The lowest BCUT2D eigenvalue weighted by atomic mass is 9.98. The van der Waals surface area contributed by atoms with E-state index < -0.39 is 0 Å². The van der Waals surface area contributed by atoms with Gasteiger partial charge >= 0.3 is 0 Å². The van der Waals surface area contributed by atoms with E-state index in [1.165, 1.54) is 4.88 Å². The van der Waals surface area contributed by atoms with Crippen LogP contribution in [0.15, 0.2) is 11.7 Å². The Morgan fingerprint density at radius 1 is 1.36 bits per heavy atom. The Bertz CT molecular complexity index is 244. The van der Waals surface area contributed by atoms with Crippen molar-refractivity contribution < 1.29 is 0 Å². The van der Waals surface area contributed by atoms with Gasteiger partial charge in [0.25, 0.3) is 0 Å². The Hall–Kier alpha value is -0.410. The van der Waals surface area contributed by atoms with Gasteiger partial charge in [0.2, 0.25) is 0 Å². The van der Waals surface area contributed by atoms with Crippen molar-refractivity contribution in [3.8, 4) is 0 Å². The highest BCUT2D eigenvalue weighted by molar-refractivity contribution is 7.09. The molecule has 0 spiro atoms. The molecule has 0 amide bonds. The first kappa shape index (κ1) is 11.7. The highest BCUT2D eigenvalue weighted by atomic mass is 32.1. The van der Waals surface area contributed by atoms with E-state index in [1.807, 2.05) is 11.7 Å². The van der Waals surface area contributed by atoms with Crippen molar-refractivity contribution in [1.82, 2.24) is 10.3 Å². The monoisotopic (exact) mass is 212 g/mol. The van der Waals surface area contributed by atoms with E-state index in [2.05, 4.69) is 38.0 Å². The number of nitrogens with one attached hydrogen (secondary N) is 1. The van der Waals surface area contributed by atoms with Gasteiger partial charge in [0, 0.05) is 23.2 Å². The van der Waals surface area contributed by atoms with Crippen molar-refractivity contribution in [2.75, 3.05) is 0 Å². The van der Waals surface area contributed by atoms with Gasteiger partial charge in [-0.2, -0.15) is 0 Å². The Balaban J connectivity index is 2.37. The number of rotatable bonds is 5. The van der Waals surface area contributed by atoms with Gasteiger partial charge in [0.1, 0.15) is 0 Å². The van der Waals surface area contributed by atoms with Crippen LogP contribution in [-0.2, 0) is 6.42 Å². The maximum Gasteiger partial charge on any atom is 0.0794 e. The lowest BCUT2D eigenvalue weighted by Crippen LogP contribution is -2.37. The first-order valence-electron chi connectivity index (χ1n) is 5.23. The van der Waals surface area contributed by atoms with Gasteiger partial charge in [0.15, 0.2) is 0 Å². The molecule has 0 aliphatic rings. The maximum absolute atomic E-state index is 4.09. The fourth-order valence-corrected chi connectivity index (χ4v) is 2.27. The van der Waals surface area contributed by atoms with Crippen LogP contribution in [0.3, 0.4) is 0 Å². The molecule has 14 heavy (non-hydrogen) atoms. The largest absolute Gasteiger partial charge is 0.312 e. The third-order valence-electron chi connectivity index (χ3n) is 2.46. The summed E-state index contributed by atoms with van der Waals surface area (Å²) < 4.78 is 0. The molecule has 0 fully saturated rings. The van der Waals surface area contributed by atoms with E-state index >= 15 is 0 Å². The molecule has 0 aromatic carbocycles. The molecule has 3 heteroatoms. The average molecular weight is 212 g/mol. The van der Waals surface area contributed by atoms with Crippen LogP contribution in [0, 0.1) is 5.92 Å². The van der Waals surface area contributed by atoms with Gasteiger partial charge < -0.3 is 5.32 Å². The molecular weight excluding hydrogens is 192 g/mol. The van der Waals surface area contributed by atoms with Gasteiger partial charge in [-0.15, -0.1) is 11.3 Å². The molecule has 0 aliphatic carbocycles. The van der Waals surface area contributed by atoms with Gasteiger partial charge in [-0.1, -0.05) is 20.8 Å².